The van der Waals surface area contributed by atoms with Crippen molar-refractivity contribution in [1.29, 1.82) is 0 Å². The molecule has 1 aromatic heterocycles. The van der Waals surface area contributed by atoms with E-state index in [1.165, 1.54) is 0 Å². The fourth-order valence-electron chi connectivity index (χ4n) is 2.33. The quantitative estimate of drug-likeness (QED) is 0.816. The number of aromatic nitrogens is 2. The lowest BCUT2D eigenvalue weighted by Gasteiger charge is -2.11. The molecule has 1 amide bonds. The van der Waals surface area contributed by atoms with Crippen LogP contribution in [-0.2, 0) is 16.3 Å². The maximum atomic E-state index is 12.1. The molecule has 1 aliphatic heterocycles. The fraction of sp³-hybridized carbons (Fsp3) is 0.333. The van der Waals surface area contributed by atoms with E-state index in [1.54, 1.807) is 16.4 Å². The number of carbonyl (C=O) groups excluding carboxylic acids is 1. The molecule has 1 aliphatic rings. The molecule has 0 saturated heterocycles. The maximum absolute atomic E-state index is 12.1. The minimum absolute atomic E-state index is 0.0320. The third-order valence-electron chi connectivity index (χ3n) is 3.42. The first-order valence-electron chi connectivity index (χ1n) is 6.99. The Balaban J connectivity index is 1.93. The molecule has 3 rings (SSSR count). The first-order valence-corrected chi connectivity index (χ1v) is 9.06. The summed E-state index contributed by atoms with van der Waals surface area (Å²) in [6, 6.07) is 7.42. The van der Waals surface area contributed by atoms with Crippen LogP contribution in [0.3, 0.4) is 0 Å². The molecule has 0 saturated carbocycles. The number of alkyl halides is 1. The molecule has 0 aliphatic carbocycles. The Bertz CT molecular complexity index is 685. The second-order valence-corrected chi connectivity index (χ2v) is 6.80. The number of hydrogen-bond acceptors (Lipinski definition) is 3. The Kier molecular flexibility index (Phi) is 4.96. The molecule has 0 bridgehead atoms. The van der Waals surface area contributed by atoms with Crippen LogP contribution < -0.4 is 5.32 Å². The molecule has 116 valence electrons. The van der Waals surface area contributed by atoms with Crippen molar-refractivity contribution in [3.63, 3.8) is 0 Å². The van der Waals surface area contributed by atoms with Crippen LogP contribution >= 0.6 is 35.0 Å². The second-order valence-electron chi connectivity index (χ2n) is 5.00. The first kappa shape index (κ1) is 15.7. The summed E-state index contributed by atoms with van der Waals surface area (Å²) in [6.45, 7) is 0. The van der Waals surface area contributed by atoms with Gasteiger partial charge in [0.1, 0.15) is 5.82 Å². The van der Waals surface area contributed by atoms with E-state index >= 15 is 0 Å². The summed E-state index contributed by atoms with van der Waals surface area (Å²) in [5.41, 5.74) is 3.03. The van der Waals surface area contributed by atoms with E-state index in [4.69, 9.17) is 23.2 Å². The predicted molar refractivity (Wildman–Crippen MR) is 92.2 cm³/mol. The molecule has 0 fully saturated rings. The van der Waals surface area contributed by atoms with E-state index in [9.17, 15) is 4.79 Å². The summed E-state index contributed by atoms with van der Waals surface area (Å²) < 4.78 is 1.79. The minimum Gasteiger partial charge on any atom is -0.310 e. The molecular weight excluding hydrogens is 341 g/mol. The molecule has 7 heteroatoms. The van der Waals surface area contributed by atoms with Crippen LogP contribution in [0.2, 0.25) is 5.02 Å². The van der Waals surface area contributed by atoms with Crippen LogP contribution in [-0.4, -0.2) is 21.6 Å². The van der Waals surface area contributed by atoms with Crippen LogP contribution in [0.5, 0.6) is 0 Å². The van der Waals surface area contributed by atoms with Crippen molar-refractivity contribution < 1.29 is 4.79 Å². The number of halogens is 2. The van der Waals surface area contributed by atoms with Gasteiger partial charge in [0.2, 0.25) is 5.91 Å². The molecule has 1 N–H and O–H groups in total. The third-order valence-corrected chi connectivity index (χ3v) is 4.91. The summed E-state index contributed by atoms with van der Waals surface area (Å²) in [7, 11) is 0. The molecule has 22 heavy (non-hydrogen) atoms. The van der Waals surface area contributed by atoms with E-state index in [0.717, 1.165) is 34.3 Å². The van der Waals surface area contributed by atoms with Crippen LogP contribution in [0.4, 0.5) is 5.82 Å². The van der Waals surface area contributed by atoms with Crippen molar-refractivity contribution in [3.05, 3.63) is 40.5 Å². The van der Waals surface area contributed by atoms with Gasteiger partial charge >= 0.3 is 0 Å². The third kappa shape index (κ3) is 3.26. The number of nitrogens with one attached hydrogen (secondary N) is 1. The van der Waals surface area contributed by atoms with Gasteiger partial charge in [-0.3, -0.25) is 4.79 Å². The summed E-state index contributed by atoms with van der Waals surface area (Å²) in [5.74, 6) is 2.96. The summed E-state index contributed by atoms with van der Waals surface area (Å²) in [5, 5.41) is 8.30. The minimum atomic E-state index is -0.0320. The normalized spacial score (nSPS) is 13.2. The monoisotopic (exact) mass is 355 g/mol. The predicted octanol–water partition coefficient (Wildman–Crippen LogP) is 4.23. The SMILES string of the molecule is O=C(CCCCl)Nc1c2c(nn1-c1ccc(Cl)cc1)CSC2. The maximum Gasteiger partial charge on any atom is 0.225 e. The van der Waals surface area contributed by atoms with Gasteiger partial charge in [-0.25, -0.2) is 4.68 Å². The van der Waals surface area contributed by atoms with Crippen LogP contribution in [0.25, 0.3) is 5.69 Å². The zero-order chi connectivity index (χ0) is 15.5. The van der Waals surface area contributed by atoms with Crippen LogP contribution in [0, 0.1) is 0 Å². The van der Waals surface area contributed by atoms with Gasteiger partial charge in [0.15, 0.2) is 0 Å². The molecule has 1 aromatic carbocycles. The van der Waals surface area contributed by atoms with Gasteiger partial charge < -0.3 is 5.32 Å². The van der Waals surface area contributed by atoms with Crippen molar-refractivity contribution in [3.8, 4) is 5.69 Å². The number of nitrogens with zero attached hydrogens (tertiary/aromatic N) is 2. The number of anilines is 1. The van der Waals surface area contributed by atoms with E-state index in [1.807, 2.05) is 24.3 Å². The molecule has 4 nitrogen and oxygen atoms in total. The first-order chi connectivity index (χ1) is 10.7. The van der Waals surface area contributed by atoms with Crippen molar-refractivity contribution in [2.45, 2.75) is 24.3 Å². The standard InChI is InChI=1S/C15H15Cl2N3OS/c16-7-1-2-14(21)18-15-12-8-22-9-13(12)19-20(15)11-5-3-10(17)4-6-11/h3-6H,1-2,7-9H2,(H,18,21). The van der Waals surface area contributed by atoms with Gasteiger partial charge in [-0.2, -0.15) is 16.9 Å². The van der Waals surface area contributed by atoms with E-state index in [0.29, 0.717) is 23.7 Å². The Morgan fingerprint density at radius 2 is 2.09 bits per heavy atom. The van der Waals surface area contributed by atoms with Crippen LogP contribution in [0.15, 0.2) is 24.3 Å². The van der Waals surface area contributed by atoms with Gasteiger partial charge in [0.05, 0.1) is 11.4 Å². The highest BCUT2D eigenvalue weighted by Gasteiger charge is 2.24. The Morgan fingerprint density at radius 1 is 1.32 bits per heavy atom. The van der Waals surface area contributed by atoms with Crippen molar-refractivity contribution in [2.24, 2.45) is 0 Å². The Hall–Kier alpha value is -1.17. The molecule has 0 atom stereocenters. The molecule has 0 spiro atoms. The molecule has 2 heterocycles. The smallest absolute Gasteiger partial charge is 0.225 e. The molecule has 0 radical (unpaired) electrons. The number of benzene rings is 1. The van der Waals surface area contributed by atoms with Gasteiger partial charge in [-0.05, 0) is 30.7 Å². The summed E-state index contributed by atoms with van der Waals surface area (Å²) in [6.07, 6.45) is 1.08. The molecule has 2 aromatic rings. The van der Waals surface area contributed by atoms with Crippen LogP contribution in [0.1, 0.15) is 24.1 Å². The largest absolute Gasteiger partial charge is 0.310 e. The number of hydrogen-bond donors (Lipinski definition) is 1. The van der Waals surface area contributed by atoms with Crippen molar-refractivity contribution in [2.75, 3.05) is 11.2 Å². The van der Waals surface area contributed by atoms with Gasteiger partial charge in [-0.1, -0.05) is 11.6 Å². The average Bonchev–Trinajstić information content (AvgIpc) is 3.09. The lowest BCUT2D eigenvalue weighted by molar-refractivity contribution is -0.116. The number of carbonyl (C=O) groups is 1. The Labute approximate surface area is 143 Å². The second kappa shape index (κ2) is 6.94. The number of amides is 1. The van der Waals surface area contributed by atoms with Gasteiger partial charge in [-0.15, -0.1) is 11.6 Å². The Morgan fingerprint density at radius 3 is 2.82 bits per heavy atom. The summed E-state index contributed by atoms with van der Waals surface area (Å²) in [4.78, 5) is 12.1. The zero-order valence-corrected chi connectivity index (χ0v) is 14.1. The highest BCUT2D eigenvalue weighted by atomic mass is 35.5. The lowest BCUT2D eigenvalue weighted by atomic mass is 10.2. The topological polar surface area (TPSA) is 46.9 Å². The summed E-state index contributed by atoms with van der Waals surface area (Å²) >= 11 is 13.4. The molecule has 0 unspecified atom stereocenters. The highest BCUT2D eigenvalue weighted by molar-refractivity contribution is 7.98. The lowest BCUT2D eigenvalue weighted by Crippen LogP contribution is -2.16. The zero-order valence-electron chi connectivity index (χ0n) is 11.8. The van der Waals surface area contributed by atoms with E-state index in [-0.39, 0.29) is 5.91 Å². The highest BCUT2D eigenvalue weighted by Crippen LogP contribution is 2.36. The fourth-order valence-corrected chi connectivity index (χ4v) is 3.63. The molecular formula is C15H15Cl2N3OS. The average molecular weight is 356 g/mol. The number of fused-ring (bicyclic) bond motifs is 1. The van der Waals surface area contributed by atoms with E-state index < -0.39 is 0 Å². The number of thioether (sulfide) groups is 1. The van der Waals surface area contributed by atoms with Crippen molar-refractivity contribution in [1.82, 2.24) is 9.78 Å². The van der Waals surface area contributed by atoms with Gasteiger partial charge in [0.25, 0.3) is 0 Å². The van der Waals surface area contributed by atoms with E-state index in [2.05, 4.69) is 10.4 Å². The van der Waals surface area contributed by atoms with Crippen molar-refractivity contribution >= 4 is 46.7 Å². The number of rotatable bonds is 5. The van der Waals surface area contributed by atoms with Gasteiger partial charge in [0, 0.05) is 34.4 Å².